The van der Waals surface area contributed by atoms with Gasteiger partial charge in [-0.3, -0.25) is 0 Å². The van der Waals surface area contributed by atoms with Crippen molar-refractivity contribution in [2.45, 2.75) is 129 Å². The number of hydrogen-bond acceptors (Lipinski definition) is 5. The molecule has 1 heterocycles. The van der Waals surface area contributed by atoms with Gasteiger partial charge in [0.25, 0.3) is 0 Å². The Hall–Kier alpha value is -1.28. The number of halogens is 2. The van der Waals surface area contributed by atoms with Gasteiger partial charge in [-0.25, -0.2) is 18.8 Å². The van der Waals surface area contributed by atoms with E-state index in [1.165, 1.54) is 0 Å². The lowest BCUT2D eigenvalue weighted by molar-refractivity contribution is 0.133. The molecule has 1 aliphatic rings. The fourth-order valence-corrected chi connectivity index (χ4v) is 5.16. The Morgan fingerprint density at radius 2 is 1.40 bits per heavy atom. The summed E-state index contributed by atoms with van der Waals surface area (Å²) in [6, 6.07) is -0.484. The zero-order valence-electron chi connectivity index (χ0n) is 23.6. The Kier molecular flexibility index (Phi) is 13.7. The topological polar surface area (TPSA) is 52.4 Å². The van der Waals surface area contributed by atoms with Crippen LogP contribution in [0.15, 0.2) is 22.1 Å². The first-order valence-corrected chi connectivity index (χ1v) is 16.1. The highest BCUT2D eigenvalue weighted by atomic mass is 28.4. The van der Waals surface area contributed by atoms with Gasteiger partial charge in [-0.15, -0.1) is 0 Å². The summed E-state index contributed by atoms with van der Waals surface area (Å²) in [5, 5.41) is 0.0682. The van der Waals surface area contributed by atoms with Crippen LogP contribution >= 0.6 is 0 Å². The van der Waals surface area contributed by atoms with E-state index in [9.17, 15) is 8.78 Å². The molecular formula is C27H50F2N2O3Si. The molecule has 0 unspecified atom stereocenters. The summed E-state index contributed by atoms with van der Waals surface area (Å²) in [5.74, 6) is 1.50. The van der Waals surface area contributed by atoms with E-state index >= 15 is 0 Å². The molecule has 0 spiro atoms. The standard InChI is InChI=1S/C27H50F2N2O3Si/c1-20(2)23-25(32-6)31-24(26(30-23)33-7)21(34-35(8,9)27(3,4)5)18-16-14-12-10-11-13-15-17-19-22(28)29/h12,14,20-24H,10-11,13,15-19H2,1-9H3/b14-12+/t21-,23-,24+/m1/s1. The van der Waals surface area contributed by atoms with Gasteiger partial charge >= 0.3 is 0 Å². The third-order valence-corrected chi connectivity index (χ3v) is 11.5. The van der Waals surface area contributed by atoms with E-state index in [0.29, 0.717) is 18.2 Å². The third kappa shape index (κ3) is 10.7. The van der Waals surface area contributed by atoms with E-state index in [-0.39, 0.29) is 35.6 Å². The van der Waals surface area contributed by atoms with Crippen molar-refractivity contribution in [2.75, 3.05) is 14.2 Å². The fourth-order valence-electron chi connectivity index (χ4n) is 3.81. The highest BCUT2D eigenvalue weighted by molar-refractivity contribution is 6.74. The van der Waals surface area contributed by atoms with E-state index in [4.69, 9.17) is 23.9 Å². The second-order valence-electron chi connectivity index (χ2n) is 11.3. The monoisotopic (exact) mass is 516 g/mol. The molecule has 35 heavy (non-hydrogen) atoms. The number of hydrogen-bond donors (Lipinski definition) is 0. The van der Waals surface area contributed by atoms with Gasteiger partial charge in [0.15, 0.2) is 14.4 Å². The number of unbranched alkanes of at least 4 members (excludes halogenated alkanes) is 4. The van der Waals surface area contributed by atoms with Crippen molar-refractivity contribution in [3.63, 3.8) is 0 Å². The minimum atomic E-state index is -2.18. The van der Waals surface area contributed by atoms with Gasteiger partial charge in [-0.2, -0.15) is 0 Å². The van der Waals surface area contributed by atoms with Gasteiger partial charge in [0.05, 0.1) is 20.3 Å². The molecule has 0 saturated carbocycles. The molecule has 5 nitrogen and oxygen atoms in total. The summed E-state index contributed by atoms with van der Waals surface area (Å²) in [4.78, 5) is 9.81. The van der Waals surface area contributed by atoms with Crippen LogP contribution in [-0.2, 0) is 13.9 Å². The molecule has 0 fully saturated rings. The lowest BCUT2D eigenvalue weighted by atomic mass is 10.00. The summed E-state index contributed by atoms with van der Waals surface area (Å²) in [6.07, 6.45) is 8.23. The molecular weight excluding hydrogens is 466 g/mol. The molecule has 1 rings (SSSR count). The second-order valence-corrected chi connectivity index (χ2v) is 16.1. The van der Waals surface area contributed by atoms with Crippen LogP contribution in [0.3, 0.4) is 0 Å². The molecule has 0 bridgehead atoms. The van der Waals surface area contributed by atoms with Crippen LogP contribution < -0.4 is 0 Å². The molecule has 8 heteroatoms. The number of allylic oxidation sites excluding steroid dienone is 2. The third-order valence-electron chi connectivity index (χ3n) is 7.02. The summed E-state index contributed by atoms with van der Waals surface area (Å²) < 4.78 is 42.7. The largest absolute Gasteiger partial charge is 0.483 e. The minimum absolute atomic E-state index is 0.0184. The number of nitrogens with zero attached hydrogens (tertiary/aromatic N) is 2. The number of rotatable bonds is 14. The molecule has 0 amide bonds. The van der Waals surface area contributed by atoms with Gasteiger partial charge in [0.1, 0.15) is 6.04 Å². The van der Waals surface area contributed by atoms with E-state index in [1.807, 2.05) is 0 Å². The quantitative estimate of drug-likeness (QED) is 0.134. The molecule has 0 aromatic carbocycles. The first-order chi connectivity index (χ1) is 16.3. The predicted molar refractivity (Wildman–Crippen MR) is 145 cm³/mol. The maximum absolute atomic E-state index is 12.2. The van der Waals surface area contributed by atoms with Crippen molar-refractivity contribution >= 4 is 20.1 Å². The van der Waals surface area contributed by atoms with Crippen LogP contribution in [0.1, 0.15) is 86.0 Å². The Morgan fingerprint density at radius 1 is 0.857 bits per heavy atom. The van der Waals surface area contributed by atoms with Crippen LogP contribution in [0.5, 0.6) is 0 Å². The van der Waals surface area contributed by atoms with Crippen LogP contribution in [0.2, 0.25) is 18.1 Å². The van der Waals surface area contributed by atoms with Crippen LogP contribution in [-0.4, -0.2) is 58.9 Å². The van der Waals surface area contributed by atoms with Gasteiger partial charge in [0.2, 0.25) is 18.2 Å². The Labute approximate surface area is 213 Å². The average Bonchev–Trinajstić information content (AvgIpc) is 2.77. The maximum atomic E-state index is 12.2. The van der Waals surface area contributed by atoms with Gasteiger partial charge in [-0.05, 0) is 56.2 Å². The maximum Gasteiger partial charge on any atom is 0.238 e. The zero-order chi connectivity index (χ0) is 26.6. The number of ether oxygens (including phenoxy) is 2. The lowest BCUT2D eigenvalue weighted by Crippen LogP contribution is -2.50. The van der Waals surface area contributed by atoms with E-state index in [1.54, 1.807) is 14.2 Å². The van der Waals surface area contributed by atoms with E-state index in [2.05, 4.69) is 59.9 Å². The number of methoxy groups -OCH3 is 2. The molecule has 1 aliphatic heterocycles. The summed E-state index contributed by atoms with van der Waals surface area (Å²) in [7, 11) is 1.24. The molecule has 3 atom stereocenters. The molecule has 0 radical (unpaired) electrons. The summed E-state index contributed by atoms with van der Waals surface area (Å²) in [6.45, 7) is 15.4. The fraction of sp³-hybridized carbons (Fsp3) is 0.852. The molecule has 0 aliphatic carbocycles. The normalized spacial score (nSPS) is 20.4. The molecule has 204 valence electrons. The van der Waals surface area contributed by atoms with Crippen molar-refractivity contribution in [1.82, 2.24) is 0 Å². The van der Waals surface area contributed by atoms with Crippen molar-refractivity contribution in [3.8, 4) is 0 Å². The summed E-state index contributed by atoms with van der Waals surface area (Å²) in [5.41, 5.74) is 0. The number of alkyl halides is 2. The average molecular weight is 517 g/mol. The second kappa shape index (κ2) is 15.1. The van der Waals surface area contributed by atoms with Crippen molar-refractivity contribution in [3.05, 3.63) is 12.2 Å². The van der Waals surface area contributed by atoms with E-state index in [0.717, 1.165) is 38.5 Å². The van der Waals surface area contributed by atoms with Crippen molar-refractivity contribution in [1.29, 1.82) is 0 Å². The molecule has 0 saturated heterocycles. The molecule has 0 aromatic rings. The minimum Gasteiger partial charge on any atom is -0.483 e. The van der Waals surface area contributed by atoms with Crippen molar-refractivity contribution < 1.29 is 22.7 Å². The molecule has 0 N–H and O–H groups in total. The van der Waals surface area contributed by atoms with Gasteiger partial charge in [-0.1, -0.05) is 59.6 Å². The first-order valence-electron chi connectivity index (χ1n) is 13.2. The predicted octanol–water partition coefficient (Wildman–Crippen LogP) is 7.82. The smallest absolute Gasteiger partial charge is 0.238 e. The van der Waals surface area contributed by atoms with Gasteiger partial charge < -0.3 is 13.9 Å². The van der Waals surface area contributed by atoms with Gasteiger partial charge in [0, 0.05) is 6.42 Å². The number of aliphatic imine (C=N–C) groups is 2. The Bertz CT molecular complexity index is 703. The highest BCUT2D eigenvalue weighted by Crippen LogP contribution is 2.39. The first kappa shape index (κ1) is 31.7. The zero-order valence-corrected chi connectivity index (χ0v) is 24.6. The van der Waals surface area contributed by atoms with Crippen molar-refractivity contribution in [2.24, 2.45) is 15.9 Å². The molecule has 0 aromatic heterocycles. The van der Waals surface area contributed by atoms with Crippen LogP contribution in [0, 0.1) is 5.92 Å². The van der Waals surface area contributed by atoms with Crippen LogP contribution in [0.25, 0.3) is 0 Å². The Morgan fingerprint density at radius 3 is 1.94 bits per heavy atom. The lowest BCUT2D eigenvalue weighted by Gasteiger charge is -2.41. The van der Waals surface area contributed by atoms with Crippen LogP contribution in [0.4, 0.5) is 8.78 Å². The highest BCUT2D eigenvalue weighted by Gasteiger charge is 2.43. The van der Waals surface area contributed by atoms with E-state index < -0.39 is 14.7 Å². The Balaban J connectivity index is 2.87. The summed E-state index contributed by atoms with van der Waals surface area (Å²) >= 11 is 0. The SMILES string of the molecule is COC1=N[C@H](C(C)C)C(OC)=N[C@H]1[C@@H](CC/C=C/CCCCCCC(F)F)O[Si](C)(C)C(C)(C)C.